The molecule has 0 spiro atoms. The molecule has 1 aliphatic rings. The van der Waals surface area contributed by atoms with Crippen molar-refractivity contribution in [3.63, 3.8) is 0 Å². The van der Waals surface area contributed by atoms with E-state index in [9.17, 15) is 14.7 Å². The molecular weight excluding hydrogens is 246 g/mol. The second kappa shape index (κ2) is 5.17. The lowest BCUT2D eigenvalue weighted by Crippen LogP contribution is -2.38. The second-order valence-corrected chi connectivity index (χ2v) is 4.64. The van der Waals surface area contributed by atoms with Gasteiger partial charge >= 0.3 is 0 Å². The smallest absolute Gasteiger partial charge is 0.258 e. The van der Waals surface area contributed by atoms with Crippen molar-refractivity contribution in [2.45, 2.75) is 6.42 Å². The van der Waals surface area contributed by atoms with E-state index in [4.69, 9.17) is 5.73 Å². The molecule has 102 valence electrons. The Balaban J connectivity index is 2.24. The van der Waals surface area contributed by atoms with Crippen LogP contribution in [-0.4, -0.2) is 53.4 Å². The van der Waals surface area contributed by atoms with Crippen LogP contribution in [0.2, 0.25) is 0 Å². The van der Waals surface area contributed by atoms with Crippen molar-refractivity contribution in [2.75, 3.05) is 32.4 Å². The van der Waals surface area contributed by atoms with Crippen LogP contribution in [0.15, 0.2) is 18.2 Å². The highest BCUT2D eigenvalue weighted by atomic mass is 16.3. The molecule has 0 aliphatic carbocycles. The first-order valence-electron chi connectivity index (χ1n) is 6.11. The van der Waals surface area contributed by atoms with Gasteiger partial charge in [0.1, 0.15) is 6.54 Å². The second-order valence-electron chi connectivity index (χ2n) is 4.64. The predicted octanol–water partition coefficient (Wildman–Crippen LogP) is 0.279. The van der Waals surface area contributed by atoms with Crippen molar-refractivity contribution < 1.29 is 14.7 Å². The highest BCUT2D eigenvalue weighted by Crippen LogP contribution is 2.25. The summed E-state index contributed by atoms with van der Waals surface area (Å²) in [5, 5.41) is 9.82. The van der Waals surface area contributed by atoms with E-state index in [-0.39, 0.29) is 35.4 Å². The third kappa shape index (κ3) is 2.62. The third-order valence-electron chi connectivity index (χ3n) is 3.26. The standard InChI is InChI=1S/C13H17N3O3/c1-15-6-3-7-16(8-11(15)17)13(19)9-4-2-5-10(14)12(9)18/h2,4-5,18H,3,6-8,14H2,1H3. The number of nitrogens with zero attached hydrogens (tertiary/aromatic N) is 2. The van der Waals surface area contributed by atoms with Gasteiger partial charge in [-0.3, -0.25) is 9.59 Å². The zero-order valence-corrected chi connectivity index (χ0v) is 10.8. The highest BCUT2D eigenvalue weighted by molar-refractivity contribution is 6.00. The molecule has 2 amide bonds. The molecule has 3 N–H and O–H groups in total. The number of para-hydroxylation sites is 1. The molecule has 1 heterocycles. The first-order valence-corrected chi connectivity index (χ1v) is 6.11. The Bertz CT molecular complexity index is 516. The first kappa shape index (κ1) is 13.2. The third-order valence-corrected chi connectivity index (χ3v) is 3.26. The normalized spacial score (nSPS) is 16.4. The van der Waals surface area contributed by atoms with Crippen LogP contribution in [0.4, 0.5) is 5.69 Å². The largest absolute Gasteiger partial charge is 0.505 e. The number of hydrogen-bond donors (Lipinski definition) is 2. The van der Waals surface area contributed by atoms with Crippen molar-refractivity contribution in [2.24, 2.45) is 0 Å². The average molecular weight is 263 g/mol. The van der Waals surface area contributed by atoms with Gasteiger partial charge < -0.3 is 20.6 Å². The van der Waals surface area contributed by atoms with Crippen LogP contribution in [0.5, 0.6) is 5.75 Å². The van der Waals surface area contributed by atoms with Crippen molar-refractivity contribution in [1.29, 1.82) is 0 Å². The highest BCUT2D eigenvalue weighted by Gasteiger charge is 2.25. The van der Waals surface area contributed by atoms with Crippen LogP contribution in [0.25, 0.3) is 0 Å². The maximum Gasteiger partial charge on any atom is 0.258 e. The van der Waals surface area contributed by atoms with E-state index in [0.29, 0.717) is 13.1 Å². The van der Waals surface area contributed by atoms with Gasteiger partial charge in [0.05, 0.1) is 11.3 Å². The van der Waals surface area contributed by atoms with Crippen LogP contribution < -0.4 is 5.73 Å². The Labute approximate surface area is 111 Å². The molecule has 2 rings (SSSR count). The van der Waals surface area contributed by atoms with E-state index >= 15 is 0 Å². The molecule has 0 unspecified atom stereocenters. The number of benzene rings is 1. The molecule has 19 heavy (non-hydrogen) atoms. The summed E-state index contributed by atoms with van der Waals surface area (Å²) in [4.78, 5) is 27.1. The number of nitrogens with two attached hydrogens (primary N) is 1. The van der Waals surface area contributed by atoms with E-state index < -0.39 is 0 Å². The molecule has 1 aromatic carbocycles. The molecule has 1 fully saturated rings. The Morgan fingerprint density at radius 1 is 1.37 bits per heavy atom. The van der Waals surface area contributed by atoms with Crippen molar-refractivity contribution >= 4 is 17.5 Å². The number of phenolic OH excluding ortho intramolecular Hbond substituents is 1. The molecule has 6 nitrogen and oxygen atoms in total. The lowest BCUT2D eigenvalue weighted by Gasteiger charge is -2.20. The van der Waals surface area contributed by atoms with E-state index in [1.165, 1.54) is 17.0 Å². The molecule has 0 saturated carbocycles. The van der Waals surface area contributed by atoms with Gasteiger partial charge in [0.2, 0.25) is 5.91 Å². The quantitative estimate of drug-likeness (QED) is 0.563. The number of nitrogen functional groups attached to an aromatic ring is 1. The van der Waals surface area contributed by atoms with Gasteiger partial charge in [0.25, 0.3) is 5.91 Å². The fourth-order valence-electron chi connectivity index (χ4n) is 2.06. The summed E-state index contributed by atoms with van der Waals surface area (Å²) < 4.78 is 0. The number of aromatic hydroxyl groups is 1. The van der Waals surface area contributed by atoms with Gasteiger partial charge in [0.15, 0.2) is 5.75 Å². The topological polar surface area (TPSA) is 86.9 Å². The lowest BCUT2D eigenvalue weighted by atomic mass is 10.1. The van der Waals surface area contributed by atoms with Gasteiger partial charge in [0, 0.05) is 20.1 Å². The summed E-state index contributed by atoms with van der Waals surface area (Å²) >= 11 is 0. The summed E-state index contributed by atoms with van der Waals surface area (Å²) in [6, 6.07) is 4.63. The zero-order valence-electron chi connectivity index (χ0n) is 10.8. The Morgan fingerprint density at radius 2 is 2.11 bits per heavy atom. The number of rotatable bonds is 1. The Kier molecular flexibility index (Phi) is 3.59. The maximum atomic E-state index is 12.3. The number of carbonyl (C=O) groups is 2. The van der Waals surface area contributed by atoms with Crippen LogP contribution in [-0.2, 0) is 4.79 Å². The molecule has 0 bridgehead atoms. The number of amides is 2. The van der Waals surface area contributed by atoms with Gasteiger partial charge in [-0.25, -0.2) is 0 Å². The SMILES string of the molecule is CN1CCCN(C(=O)c2cccc(N)c2O)CC1=O. The fourth-order valence-corrected chi connectivity index (χ4v) is 2.06. The lowest BCUT2D eigenvalue weighted by molar-refractivity contribution is -0.129. The summed E-state index contributed by atoms with van der Waals surface area (Å²) in [6.07, 6.45) is 0.719. The monoisotopic (exact) mass is 263 g/mol. The maximum absolute atomic E-state index is 12.3. The minimum atomic E-state index is -0.367. The molecule has 0 aromatic heterocycles. The van der Waals surface area contributed by atoms with Gasteiger partial charge in [-0.1, -0.05) is 6.07 Å². The summed E-state index contributed by atoms with van der Waals surface area (Å²) in [7, 11) is 1.72. The summed E-state index contributed by atoms with van der Waals surface area (Å²) in [6.45, 7) is 1.15. The minimum absolute atomic E-state index is 0.0313. The number of anilines is 1. The number of carbonyl (C=O) groups excluding carboxylic acids is 2. The van der Waals surface area contributed by atoms with Crippen molar-refractivity contribution in [3.8, 4) is 5.75 Å². The van der Waals surface area contributed by atoms with E-state index in [2.05, 4.69) is 0 Å². The predicted molar refractivity (Wildman–Crippen MR) is 70.7 cm³/mol. The zero-order chi connectivity index (χ0) is 14.0. The number of likely N-dealkylation sites (N-methyl/N-ethyl adjacent to an activating group) is 1. The van der Waals surface area contributed by atoms with Gasteiger partial charge in [-0.05, 0) is 18.6 Å². The molecule has 6 heteroatoms. The van der Waals surface area contributed by atoms with E-state index in [1.807, 2.05) is 0 Å². The molecular formula is C13H17N3O3. The van der Waals surface area contributed by atoms with E-state index in [0.717, 1.165) is 6.42 Å². The molecule has 0 radical (unpaired) electrons. The van der Waals surface area contributed by atoms with Gasteiger partial charge in [-0.2, -0.15) is 0 Å². The summed E-state index contributed by atoms with van der Waals surface area (Å²) in [5.41, 5.74) is 5.87. The van der Waals surface area contributed by atoms with Crippen LogP contribution >= 0.6 is 0 Å². The van der Waals surface area contributed by atoms with Crippen LogP contribution in [0.1, 0.15) is 16.8 Å². The van der Waals surface area contributed by atoms with Gasteiger partial charge in [-0.15, -0.1) is 0 Å². The van der Waals surface area contributed by atoms with E-state index in [1.54, 1.807) is 18.0 Å². The van der Waals surface area contributed by atoms with Crippen LogP contribution in [0.3, 0.4) is 0 Å². The number of hydrogen-bond acceptors (Lipinski definition) is 4. The minimum Gasteiger partial charge on any atom is -0.505 e. The summed E-state index contributed by atoms with van der Waals surface area (Å²) in [5.74, 6) is -0.694. The van der Waals surface area contributed by atoms with Crippen molar-refractivity contribution in [3.05, 3.63) is 23.8 Å². The molecule has 0 atom stereocenters. The molecule has 1 aliphatic heterocycles. The first-order chi connectivity index (χ1) is 9.00. The Morgan fingerprint density at radius 3 is 2.84 bits per heavy atom. The molecule has 1 aromatic rings. The number of phenols is 1. The fraction of sp³-hybridized carbons (Fsp3) is 0.385. The van der Waals surface area contributed by atoms with Crippen molar-refractivity contribution in [1.82, 2.24) is 9.80 Å². The average Bonchev–Trinajstić information content (AvgIpc) is 2.55. The van der Waals surface area contributed by atoms with Crippen LogP contribution in [0, 0.1) is 0 Å². The Hall–Kier alpha value is -2.24. The molecule has 1 saturated heterocycles.